The van der Waals surface area contributed by atoms with E-state index >= 15 is 0 Å². The van der Waals surface area contributed by atoms with E-state index in [1.807, 2.05) is 0 Å². The first-order valence-electron chi connectivity index (χ1n) is 8.10. The number of hydrogen-bond acceptors (Lipinski definition) is 3. The van der Waals surface area contributed by atoms with Gasteiger partial charge in [0.2, 0.25) is 5.91 Å². The van der Waals surface area contributed by atoms with Crippen molar-refractivity contribution in [3.8, 4) is 0 Å². The van der Waals surface area contributed by atoms with Crippen LogP contribution in [0.15, 0.2) is 29.3 Å². The monoisotopic (exact) mass is 356 g/mol. The number of halogens is 3. The van der Waals surface area contributed by atoms with Crippen LogP contribution in [0.1, 0.15) is 36.8 Å². The Morgan fingerprint density at radius 3 is 2.75 bits per heavy atom. The molecular weight excluding hydrogens is 337 g/mol. The van der Waals surface area contributed by atoms with Crippen molar-refractivity contribution in [2.24, 2.45) is 10.9 Å². The van der Waals surface area contributed by atoms with Crippen LogP contribution >= 0.6 is 11.8 Å². The number of rotatable bonds is 3. The van der Waals surface area contributed by atoms with Crippen LogP contribution in [0.3, 0.4) is 0 Å². The van der Waals surface area contributed by atoms with Crippen molar-refractivity contribution < 1.29 is 18.0 Å². The van der Waals surface area contributed by atoms with Crippen LogP contribution in [0.2, 0.25) is 0 Å². The third-order valence-electron chi connectivity index (χ3n) is 4.39. The topological polar surface area (TPSA) is 32.7 Å². The zero-order chi connectivity index (χ0) is 17.2. The van der Waals surface area contributed by atoms with Crippen molar-refractivity contribution in [3.63, 3.8) is 0 Å². The summed E-state index contributed by atoms with van der Waals surface area (Å²) in [6.45, 7) is 1.16. The van der Waals surface area contributed by atoms with Gasteiger partial charge in [-0.3, -0.25) is 14.7 Å². The second-order valence-electron chi connectivity index (χ2n) is 6.12. The molecule has 0 radical (unpaired) electrons. The summed E-state index contributed by atoms with van der Waals surface area (Å²) in [7, 11) is 0. The molecule has 1 fully saturated rings. The molecule has 0 atom stereocenters. The normalized spacial score (nSPS) is 19.0. The minimum Gasteiger partial charge on any atom is -0.289 e. The molecule has 24 heavy (non-hydrogen) atoms. The van der Waals surface area contributed by atoms with Gasteiger partial charge in [0.1, 0.15) is 0 Å². The predicted molar refractivity (Wildman–Crippen MR) is 88.7 cm³/mol. The maximum absolute atomic E-state index is 12.8. The largest absolute Gasteiger partial charge is 0.416 e. The fourth-order valence-electron chi connectivity index (χ4n) is 3.13. The Hall–Kier alpha value is -1.50. The minimum atomic E-state index is -4.34. The Kier molecular flexibility index (Phi) is 5.18. The summed E-state index contributed by atoms with van der Waals surface area (Å²) in [5.41, 5.74) is -0.0643. The highest BCUT2D eigenvalue weighted by atomic mass is 32.2. The van der Waals surface area contributed by atoms with Crippen molar-refractivity contribution in [1.82, 2.24) is 4.90 Å². The Bertz CT molecular complexity index is 639. The van der Waals surface area contributed by atoms with Crippen molar-refractivity contribution in [3.05, 3.63) is 35.4 Å². The lowest BCUT2D eigenvalue weighted by molar-refractivity contribution is -0.137. The zero-order valence-corrected chi connectivity index (χ0v) is 14.0. The van der Waals surface area contributed by atoms with E-state index in [-0.39, 0.29) is 11.8 Å². The number of alkyl halides is 3. The van der Waals surface area contributed by atoms with Crippen LogP contribution in [-0.4, -0.2) is 29.1 Å². The maximum atomic E-state index is 12.8. The van der Waals surface area contributed by atoms with E-state index in [2.05, 4.69) is 4.99 Å². The third-order valence-corrected chi connectivity index (χ3v) is 5.48. The zero-order valence-electron chi connectivity index (χ0n) is 13.2. The number of amidine groups is 1. The number of amides is 1. The maximum Gasteiger partial charge on any atom is 0.416 e. The molecule has 3 nitrogen and oxygen atoms in total. The summed E-state index contributed by atoms with van der Waals surface area (Å²) in [4.78, 5) is 18.6. The lowest BCUT2D eigenvalue weighted by atomic mass is 10.1. The van der Waals surface area contributed by atoms with Crippen molar-refractivity contribution >= 4 is 22.8 Å². The Morgan fingerprint density at radius 1 is 1.29 bits per heavy atom. The average molecular weight is 356 g/mol. The van der Waals surface area contributed by atoms with Crippen LogP contribution in [0.5, 0.6) is 0 Å². The highest BCUT2D eigenvalue weighted by Crippen LogP contribution is 2.32. The second-order valence-corrected chi connectivity index (χ2v) is 7.06. The van der Waals surface area contributed by atoms with E-state index in [1.54, 1.807) is 11.0 Å². The molecular formula is C17H19F3N2OS. The first-order chi connectivity index (χ1) is 11.4. The molecule has 1 saturated carbocycles. The number of thioether (sulfide) groups is 1. The first-order valence-corrected chi connectivity index (χ1v) is 9.08. The van der Waals surface area contributed by atoms with Crippen LogP contribution in [0, 0.1) is 5.92 Å². The lowest BCUT2D eigenvalue weighted by Gasteiger charge is -2.21. The van der Waals surface area contributed by atoms with Crippen LogP contribution in [0.4, 0.5) is 13.2 Å². The highest BCUT2D eigenvalue weighted by molar-refractivity contribution is 8.13. The number of carbonyl (C=O) groups excluding carboxylic acids is 1. The summed E-state index contributed by atoms with van der Waals surface area (Å²) in [6.07, 6.45) is -0.292. The smallest absolute Gasteiger partial charge is 0.289 e. The number of hydrogen-bond donors (Lipinski definition) is 0. The van der Waals surface area contributed by atoms with Crippen molar-refractivity contribution in [2.75, 3.05) is 13.1 Å². The summed E-state index contributed by atoms with van der Waals surface area (Å²) >= 11 is 1.34. The van der Waals surface area contributed by atoms with E-state index in [1.165, 1.54) is 17.8 Å². The molecule has 7 heteroatoms. The van der Waals surface area contributed by atoms with Crippen molar-refractivity contribution in [1.29, 1.82) is 0 Å². The summed E-state index contributed by atoms with van der Waals surface area (Å²) in [5.74, 6) is 0.583. The minimum absolute atomic E-state index is 0.0856. The molecule has 1 aromatic rings. The van der Waals surface area contributed by atoms with Gasteiger partial charge in [0.25, 0.3) is 0 Å². The number of carbonyl (C=O) groups is 1. The fraction of sp³-hybridized carbons (Fsp3) is 0.529. The van der Waals surface area contributed by atoms with E-state index in [0.29, 0.717) is 29.6 Å². The summed E-state index contributed by atoms with van der Waals surface area (Å²) < 4.78 is 38.3. The standard InChI is InChI=1S/C17H19F3N2OS/c18-17(19,20)14-7-3-4-12(10-14)11-24-16-21-8-9-22(16)15(23)13-5-1-2-6-13/h3-4,7,10,13H,1-2,5-6,8-9,11H2. The van der Waals surface area contributed by atoms with Gasteiger partial charge in [0.05, 0.1) is 12.1 Å². The SMILES string of the molecule is O=C(C1CCCC1)N1CCN=C1SCc1cccc(C(F)(F)F)c1. The van der Waals surface area contributed by atoms with E-state index in [4.69, 9.17) is 0 Å². The number of aliphatic imine (C=N–C) groups is 1. The molecule has 0 spiro atoms. The second kappa shape index (κ2) is 7.17. The van der Waals surface area contributed by atoms with Gasteiger partial charge in [0.15, 0.2) is 5.17 Å². The molecule has 130 valence electrons. The molecule has 1 heterocycles. The molecule has 0 unspecified atom stereocenters. The van der Waals surface area contributed by atoms with Gasteiger partial charge >= 0.3 is 6.18 Å². The van der Waals surface area contributed by atoms with Crippen LogP contribution in [0.25, 0.3) is 0 Å². The van der Waals surface area contributed by atoms with Gasteiger partial charge in [-0.1, -0.05) is 42.8 Å². The first kappa shape index (κ1) is 17.3. The van der Waals surface area contributed by atoms with Gasteiger partial charge in [-0.25, -0.2) is 0 Å². The van der Waals surface area contributed by atoms with Crippen LogP contribution in [-0.2, 0) is 16.7 Å². The predicted octanol–water partition coefficient (Wildman–Crippen LogP) is 4.33. The molecule has 0 bridgehead atoms. The molecule has 1 aromatic carbocycles. The third kappa shape index (κ3) is 3.94. The Balaban J connectivity index is 1.62. The molecule has 1 aliphatic heterocycles. The Morgan fingerprint density at radius 2 is 2.04 bits per heavy atom. The molecule has 2 aliphatic rings. The summed E-state index contributed by atoms with van der Waals surface area (Å²) in [6, 6.07) is 5.31. The van der Waals surface area contributed by atoms with Gasteiger partial charge in [-0.05, 0) is 24.5 Å². The number of benzene rings is 1. The average Bonchev–Trinajstić information content (AvgIpc) is 3.23. The van der Waals surface area contributed by atoms with E-state index in [0.717, 1.165) is 37.8 Å². The van der Waals surface area contributed by atoms with Gasteiger partial charge in [-0.15, -0.1) is 0 Å². The molecule has 3 rings (SSSR count). The molecule has 1 aliphatic carbocycles. The lowest BCUT2D eigenvalue weighted by Crippen LogP contribution is -2.36. The molecule has 0 aromatic heterocycles. The van der Waals surface area contributed by atoms with E-state index < -0.39 is 11.7 Å². The quantitative estimate of drug-likeness (QED) is 0.808. The molecule has 1 amide bonds. The fourth-order valence-corrected chi connectivity index (χ4v) is 4.13. The number of nitrogens with zero attached hydrogens (tertiary/aromatic N) is 2. The molecule has 0 N–H and O–H groups in total. The van der Waals surface area contributed by atoms with E-state index in [9.17, 15) is 18.0 Å². The highest BCUT2D eigenvalue weighted by Gasteiger charge is 2.32. The van der Waals surface area contributed by atoms with Gasteiger partial charge in [-0.2, -0.15) is 13.2 Å². The van der Waals surface area contributed by atoms with Crippen molar-refractivity contribution in [2.45, 2.75) is 37.6 Å². The van der Waals surface area contributed by atoms with Gasteiger partial charge < -0.3 is 0 Å². The van der Waals surface area contributed by atoms with Gasteiger partial charge in [0, 0.05) is 18.2 Å². The molecule has 0 saturated heterocycles. The van der Waals surface area contributed by atoms with Crippen LogP contribution < -0.4 is 0 Å². The Labute approximate surface area is 143 Å². The summed E-state index contributed by atoms with van der Waals surface area (Å²) in [5, 5.41) is 0.643.